The maximum Gasteiger partial charge on any atom is 0.210 e. The highest BCUT2D eigenvalue weighted by molar-refractivity contribution is 7.18. The molecule has 1 N–H and O–H groups in total. The number of methoxy groups -OCH3 is 1. The topological polar surface area (TPSA) is 59.9 Å². The zero-order valence-electron chi connectivity index (χ0n) is 15.0. The Labute approximate surface area is 161 Å². The van der Waals surface area contributed by atoms with Crippen LogP contribution >= 0.6 is 11.3 Å². The molecule has 27 heavy (non-hydrogen) atoms. The number of aromatic nitrogens is 3. The van der Waals surface area contributed by atoms with Crippen LogP contribution in [-0.2, 0) is 0 Å². The molecule has 134 valence electrons. The predicted octanol–water partition coefficient (Wildman–Crippen LogP) is 5.33. The SMILES string of the molecule is COc1cccc(-c2nnc(Nc3ccccc3C)s2)c1-c1ccncc1. The van der Waals surface area contributed by atoms with Gasteiger partial charge in [-0.3, -0.25) is 4.98 Å². The van der Waals surface area contributed by atoms with Crippen LogP contribution in [0.5, 0.6) is 5.75 Å². The van der Waals surface area contributed by atoms with Crippen molar-refractivity contribution in [2.24, 2.45) is 0 Å². The second kappa shape index (κ2) is 7.55. The number of ether oxygens (including phenoxy) is 1. The highest BCUT2D eigenvalue weighted by Gasteiger charge is 2.16. The Morgan fingerprint density at radius 2 is 1.74 bits per heavy atom. The lowest BCUT2D eigenvalue weighted by Gasteiger charge is -2.12. The third kappa shape index (κ3) is 3.52. The highest BCUT2D eigenvalue weighted by atomic mass is 32.1. The molecule has 2 aromatic heterocycles. The quantitative estimate of drug-likeness (QED) is 0.512. The van der Waals surface area contributed by atoms with Gasteiger partial charge >= 0.3 is 0 Å². The van der Waals surface area contributed by atoms with Crippen molar-refractivity contribution in [1.82, 2.24) is 15.2 Å². The second-order valence-electron chi connectivity index (χ2n) is 5.97. The molecular formula is C21H18N4OS. The van der Waals surface area contributed by atoms with Gasteiger partial charge in [-0.25, -0.2) is 0 Å². The number of pyridine rings is 1. The molecule has 5 nitrogen and oxygen atoms in total. The second-order valence-corrected chi connectivity index (χ2v) is 6.95. The number of hydrogen-bond donors (Lipinski definition) is 1. The molecule has 6 heteroatoms. The van der Waals surface area contributed by atoms with Crippen LogP contribution in [0.3, 0.4) is 0 Å². The molecule has 4 rings (SSSR count). The van der Waals surface area contributed by atoms with E-state index < -0.39 is 0 Å². The fraction of sp³-hybridized carbons (Fsp3) is 0.0952. The summed E-state index contributed by atoms with van der Waals surface area (Å²) in [6.45, 7) is 2.06. The summed E-state index contributed by atoms with van der Waals surface area (Å²) in [7, 11) is 1.68. The van der Waals surface area contributed by atoms with E-state index in [1.165, 1.54) is 11.3 Å². The number of nitrogens with one attached hydrogen (secondary N) is 1. The predicted molar refractivity (Wildman–Crippen MR) is 110 cm³/mol. The van der Waals surface area contributed by atoms with E-state index in [1.54, 1.807) is 19.5 Å². The van der Waals surface area contributed by atoms with Gasteiger partial charge in [-0.2, -0.15) is 0 Å². The van der Waals surface area contributed by atoms with E-state index in [1.807, 2.05) is 48.5 Å². The Hall–Kier alpha value is -3.25. The molecule has 0 atom stereocenters. The molecule has 2 heterocycles. The molecule has 0 fully saturated rings. The first-order valence-electron chi connectivity index (χ1n) is 8.50. The van der Waals surface area contributed by atoms with Gasteiger partial charge in [-0.05, 0) is 42.3 Å². The molecule has 0 saturated heterocycles. The number of anilines is 2. The maximum atomic E-state index is 5.60. The molecule has 0 aliphatic rings. The van der Waals surface area contributed by atoms with Gasteiger partial charge in [0.05, 0.1) is 7.11 Å². The number of aryl methyl sites for hydroxylation is 1. The van der Waals surface area contributed by atoms with Crippen LogP contribution in [0, 0.1) is 6.92 Å². The molecular weight excluding hydrogens is 356 g/mol. The summed E-state index contributed by atoms with van der Waals surface area (Å²) in [5.41, 5.74) is 5.19. The molecule has 0 aliphatic carbocycles. The third-order valence-corrected chi connectivity index (χ3v) is 5.13. The minimum Gasteiger partial charge on any atom is -0.496 e. The third-order valence-electron chi connectivity index (χ3n) is 4.26. The molecule has 0 radical (unpaired) electrons. The summed E-state index contributed by atoms with van der Waals surface area (Å²) in [5, 5.41) is 13.7. The van der Waals surface area contributed by atoms with Crippen LogP contribution in [0.15, 0.2) is 67.0 Å². The van der Waals surface area contributed by atoms with E-state index >= 15 is 0 Å². The van der Waals surface area contributed by atoms with Crippen LogP contribution in [0.2, 0.25) is 0 Å². The van der Waals surface area contributed by atoms with E-state index in [2.05, 4.69) is 33.5 Å². The zero-order chi connectivity index (χ0) is 18.6. The van der Waals surface area contributed by atoms with Crippen LogP contribution in [-0.4, -0.2) is 22.3 Å². The lowest BCUT2D eigenvalue weighted by molar-refractivity contribution is 0.416. The highest BCUT2D eigenvalue weighted by Crippen LogP contribution is 2.40. The summed E-state index contributed by atoms with van der Waals surface area (Å²) >= 11 is 1.51. The number of hydrogen-bond acceptors (Lipinski definition) is 6. The van der Waals surface area contributed by atoms with E-state index in [9.17, 15) is 0 Å². The average molecular weight is 374 g/mol. The minimum absolute atomic E-state index is 0.753. The van der Waals surface area contributed by atoms with Crippen molar-refractivity contribution in [3.05, 3.63) is 72.6 Å². The first-order chi connectivity index (χ1) is 13.3. The van der Waals surface area contributed by atoms with Gasteiger partial charge in [-0.1, -0.05) is 41.7 Å². The lowest BCUT2D eigenvalue weighted by Crippen LogP contribution is -1.91. The maximum absolute atomic E-state index is 5.60. The Morgan fingerprint density at radius 1 is 0.926 bits per heavy atom. The molecule has 0 unspecified atom stereocenters. The first kappa shape index (κ1) is 17.2. The molecule has 0 saturated carbocycles. The number of nitrogens with zero attached hydrogens (tertiary/aromatic N) is 3. The number of rotatable bonds is 5. The Kier molecular flexibility index (Phi) is 4.80. The first-order valence-corrected chi connectivity index (χ1v) is 9.32. The van der Waals surface area contributed by atoms with Crippen molar-refractivity contribution in [2.45, 2.75) is 6.92 Å². The molecule has 0 bridgehead atoms. The van der Waals surface area contributed by atoms with E-state index in [0.29, 0.717) is 0 Å². The number of benzene rings is 2. The smallest absolute Gasteiger partial charge is 0.210 e. The molecule has 0 aliphatic heterocycles. The van der Waals surface area contributed by atoms with E-state index in [-0.39, 0.29) is 0 Å². The largest absolute Gasteiger partial charge is 0.496 e. The van der Waals surface area contributed by atoms with Crippen molar-refractivity contribution >= 4 is 22.2 Å². The van der Waals surface area contributed by atoms with Crippen molar-refractivity contribution < 1.29 is 4.74 Å². The van der Waals surface area contributed by atoms with Gasteiger partial charge in [0.2, 0.25) is 5.13 Å². The van der Waals surface area contributed by atoms with Crippen LogP contribution in [0.25, 0.3) is 21.7 Å². The van der Waals surface area contributed by atoms with Crippen molar-refractivity contribution in [1.29, 1.82) is 0 Å². The standard InChI is InChI=1S/C21H18N4OS/c1-14-6-3-4-8-17(14)23-21-25-24-20(27-21)16-7-5-9-18(26-2)19(16)15-10-12-22-13-11-15/h3-13H,1-2H3,(H,23,25). The monoisotopic (exact) mass is 374 g/mol. The summed E-state index contributed by atoms with van der Waals surface area (Å²) in [6, 6.07) is 18.0. The molecule has 2 aromatic carbocycles. The van der Waals surface area contributed by atoms with Gasteiger partial charge in [0.15, 0.2) is 0 Å². The molecule has 0 spiro atoms. The summed E-state index contributed by atoms with van der Waals surface area (Å²) in [4.78, 5) is 4.11. The van der Waals surface area contributed by atoms with Gasteiger partial charge in [0.1, 0.15) is 10.8 Å². The molecule has 0 amide bonds. The fourth-order valence-electron chi connectivity index (χ4n) is 2.91. The zero-order valence-corrected chi connectivity index (χ0v) is 15.8. The van der Waals surface area contributed by atoms with E-state index in [0.717, 1.165) is 43.8 Å². The van der Waals surface area contributed by atoms with Crippen molar-refractivity contribution in [3.63, 3.8) is 0 Å². The van der Waals surface area contributed by atoms with Gasteiger partial charge in [0.25, 0.3) is 0 Å². The fourth-order valence-corrected chi connectivity index (χ4v) is 3.69. The Balaban J connectivity index is 1.75. The van der Waals surface area contributed by atoms with Crippen molar-refractivity contribution in [2.75, 3.05) is 12.4 Å². The lowest BCUT2D eigenvalue weighted by atomic mass is 10.00. The minimum atomic E-state index is 0.753. The summed E-state index contributed by atoms with van der Waals surface area (Å²) < 4.78 is 5.60. The summed E-state index contributed by atoms with van der Waals surface area (Å²) in [6.07, 6.45) is 3.55. The average Bonchev–Trinajstić information content (AvgIpc) is 3.18. The Morgan fingerprint density at radius 3 is 2.52 bits per heavy atom. The Bertz CT molecular complexity index is 1060. The van der Waals surface area contributed by atoms with Crippen molar-refractivity contribution in [3.8, 4) is 27.4 Å². The summed E-state index contributed by atoms with van der Waals surface area (Å²) in [5.74, 6) is 0.794. The van der Waals surface area contributed by atoms with Gasteiger partial charge in [0, 0.05) is 29.2 Å². The normalized spacial score (nSPS) is 10.6. The van der Waals surface area contributed by atoms with Crippen LogP contribution < -0.4 is 10.1 Å². The molecule has 4 aromatic rings. The number of para-hydroxylation sites is 1. The van der Waals surface area contributed by atoms with Crippen LogP contribution in [0.1, 0.15) is 5.56 Å². The van der Waals surface area contributed by atoms with Crippen LogP contribution in [0.4, 0.5) is 10.8 Å². The van der Waals surface area contributed by atoms with Gasteiger partial charge in [-0.15, -0.1) is 10.2 Å². The van der Waals surface area contributed by atoms with E-state index in [4.69, 9.17) is 4.74 Å². The van der Waals surface area contributed by atoms with Gasteiger partial charge < -0.3 is 10.1 Å².